The van der Waals surface area contributed by atoms with Gasteiger partial charge in [-0.25, -0.2) is 4.79 Å². The smallest absolute Gasteiger partial charge is 0.409 e. The monoisotopic (exact) mass is 330 g/mol. The molecule has 1 fully saturated rings. The van der Waals surface area contributed by atoms with Crippen LogP contribution in [0.15, 0.2) is 18.2 Å². The minimum absolute atomic E-state index is 0.210. The first kappa shape index (κ1) is 16.4. The third-order valence-corrected chi connectivity index (χ3v) is 4.20. The lowest BCUT2D eigenvalue weighted by molar-refractivity contribution is 0.0799. The van der Waals surface area contributed by atoms with Crippen LogP contribution in [0.25, 0.3) is 0 Å². The van der Waals surface area contributed by atoms with Gasteiger partial charge in [0.15, 0.2) is 0 Å². The Morgan fingerprint density at radius 2 is 1.95 bits per heavy atom. The number of halogens is 2. The minimum atomic E-state index is -0.210. The molecule has 0 saturated carbocycles. The molecule has 0 aliphatic carbocycles. The zero-order chi connectivity index (χ0) is 15.2. The third-order valence-electron chi connectivity index (χ3n) is 3.61. The number of ether oxygens (including phenoxy) is 1. The fourth-order valence-corrected chi connectivity index (χ4v) is 2.87. The third kappa shape index (κ3) is 4.77. The standard InChI is InChI=1S/C15H20Cl2N2O2/c1-2-21-15(20)19-9-7-18(8-10-19)6-5-12-3-4-13(16)11-14(12)17/h3-4,11H,2,5-10H2,1H3. The topological polar surface area (TPSA) is 32.8 Å². The first-order valence-corrected chi connectivity index (χ1v) is 7.93. The first-order chi connectivity index (χ1) is 10.1. The lowest BCUT2D eigenvalue weighted by Gasteiger charge is -2.34. The van der Waals surface area contributed by atoms with Crippen molar-refractivity contribution in [1.82, 2.24) is 9.80 Å². The summed E-state index contributed by atoms with van der Waals surface area (Å²) in [6.07, 6.45) is 0.674. The van der Waals surface area contributed by atoms with Gasteiger partial charge in [0.25, 0.3) is 0 Å². The van der Waals surface area contributed by atoms with Gasteiger partial charge in [0, 0.05) is 42.8 Å². The molecule has 1 amide bonds. The Labute approximate surface area is 135 Å². The lowest BCUT2D eigenvalue weighted by atomic mass is 10.1. The fraction of sp³-hybridized carbons (Fsp3) is 0.533. The number of hydrogen-bond donors (Lipinski definition) is 0. The predicted molar refractivity (Wildman–Crippen MR) is 85.2 cm³/mol. The summed E-state index contributed by atoms with van der Waals surface area (Å²) in [5.41, 5.74) is 1.11. The summed E-state index contributed by atoms with van der Waals surface area (Å²) in [6.45, 7) is 6.34. The quantitative estimate of drug-likeness (QED) is 0.849. The lowest BCUT2D eigenvalue weighted by Crippen LogP contribution is -2.49. The van der Waals surface area contributed by atoms with Gasteiger partial charge >= 0.3 is 6.09 Å². The number of carbonyl (C=O) groups excluding carboxylic acids is 1. The highest BCUT2D eigenvalue weighted by Gasteiger charge is 2.21. The molecule has 1 heterocycles. The van der Waals surface area contributed by atoms with E-state index in [1.807, 2.05) is 19.1 Å². The van der Waals surface area contributed by atoms with Gasteiger partial charge < -0.3 is 9.64 Å². The molecule has 1 aromatic rings. The number of amides is 1. The van der Waals surface area contributed by atoms with Crippen LogP contribution >= 0.6 is 23.2 Å². The maximum atomic E-state index is 11.6. The molecule has 0 atom stereocenters. The molecule has 0 unspecified atom stereocenters. The van der Waals surface area contributed by atoms with Gasteiger partial charge in [-0.3, -0.25) is 4.90 Å². The summed E-state index contributed by atoms with van der Waals surface area (Å²) >= 11 is 12.1. The van der Waals surface area contributed by atoms with Crippen LogP contribution in [-0.4, -0.2) is 55.2 Å². The van der Waals surface area contributed by atoms with Gasteiger partial charge in [0.1, 0.15) is 0 Å². The van der Waals surface area contributed by atoms with Crippen molar-refractivity contribution in [3.05, 3.63) is 33.8 Å². The van der Waals surface area contributed by atoms with E-state index in [1.54, 1.807) is 11.0 Å². The Bertz CT molecular complexity index is 489. The Morgan fingerprint density at radius 3 is 2.57 bits per heavy atom. The molecule has 0 spiro atoms. The molecule has 1 aliphatic heterocycles. The SMILES string of the molecule is CCOC(=O)N1CCN(CCc2ccc(Cl)cc2Cl)CC1. The molecule has 116 valence electrons. The first-order valence-electron chi connectivity index (χ1n) is 7.18. The molecule has 4 nitrogen and oxygen atoms in total. The summed E-state index contributed by atoms with van der Waals surface area (Å²) in [4.78, 5) is 15.7. The van der Waals surface area contributed by atoms with E-state index in [-0.39, 0.29) is 6.09 Å². The molecular weight excluding hydrogens is 311 g/mol. The second-order valence-electron chi connectivity index (χ2n) is 5.01. The van der Waals surface area contributed by atoms with E-state index in [1.165, 1.54) is 0 Å². The molecular formula is C15H20Cl2N2O2. The molecule has 1 aromatic carbocycles. The average molecular weight is 331 g/mol. The predicted octanol–water partition coefficient (Wildman–Crippen LogP) is 3.31. The van der Waals surface area contributed by atoms with Crippen molar-refractivity contribution in [2.45, 2.75) is 13.3 Å². The number of nitrogens with zero attached hydrogens (tertiary/aromatic N) is 2. The summed E-state index contributed by atoms with van der Waals surface area (Å²) in [5.74, 6) is 0. The van der Waals surface area contributed by atoms with Crippen molar-refractivity contribution in [2.24, 2.45) is 0 Å². The summed E-state index contributed by atoms with van der Waals surface area (Å²) in [6, 6.07) is 5.61. The highest BCUT2D eigenvalue weighted by atomic mass is 35.5. The van der Waals surface area contributed by atoms with Gasteiger partial charge in [-0.15, -0.1) is 0 Å². The second kappa shape index (κ2) is 7.87. The van der Waals surface area contributed by atoms with Crippen LogP contribution in [0.1, 0.15) is 12.5 Å². The summed E-state index contributed by atoms with van der Waals surface area (Å²) in [7, 11) is 0. The van der Waals surface area contributed by atoms with E-state index in [9.17, 15) is 4.79 Å². The van der Waals surface area contributed by atoms with Crippen LogP contribution in [0, 0.1) is 0 Å². The van der Waals surface area contributed by atoms with Crippen LogP contribution in [0.2, 0.25) is 10.0 Å². The van der Waals surface area contributed by atoms with E-state index in [0.29, 0.717) is 29.7 Å². The molecule has 0 N–H and O–H groups in total. The van der Waals surface area contributed by atoms with Gasteiger partial charge in [0.2, 0.25) is 0 Å². The molecule has 1 aliphatic rings. The molecule has 0 aromatic heterocycles. The number of hydrogen-bond acceptors (Lipinski definition) is 3. The molecule has 2 rings (SSSR count). The van der Waals surface area contributed by atoms with Crippen molar-refractivity contribution in [3.63, 3.8) is 0 Å². The van der Waals surface area contributed by atoms with E-state index in [4.69, 9.17) is 27.9 Å². The molecule has 21 heavy (non-hydrogen) atoms. The second-order valence-corrected chi connectivity index (χ2v) is 5.86. The normalized spacial score (nSPS) is 16.0. The largest absolute Gasteiger partial charge is 0.450 e. The van der Waals surface area contributed by atoms with E-state index >= 15 is 0 Å². The van der Waals surface area contributed by atoms with Crippen molar-refractivity contribution < 1.29 is 9.53 Å². The van der Waals surface area contributed by atoms with Gasteiger partial charge in [-0.1, -0.05) is 29.3 Å². The zero-order valence-electron chi connectivity index (χ0n) is 12.1. The van der Waals surface area contributed by atoms with Gasteiger partial charge in [-0.05, 0) is 31.0 Å². The van der Waals surface area contributed by atoms with Crippen LogP contribution in [0.3, 0.4) is 0 Å². The minimum Gasteiger partial charge on any atom is -0.450 e. The van der Waals surface area contributed by atoms with E-state index in [0.717, 1.165) is 31.6 Å². The summed E-state index contributed by atoms with van der Waals surface area (Å²) < 4.78 is 5.01. The van der Waals surface area contributed by atoms with Gasteiger partial charge in [-0.2, -0.15) is 0 Å². The van der Waals surface area contributed by atoms with E-state index < -0.39 is 0 Å². The van der Waals surface area contributed by atoms with E-state index in [2.05, 4.69) is 4.90 Å². The number of piperazine rings is 1. The van der Waals surface area contributed by atoms with Gasteiger partial charge in [0.05, 0.1) is 6.61 Å². The van der Waals surface area contributed by atoms with Crippen molar-refractivity contribution in [2.75, 3.05) is 39.3 Å². The maximum Gasteiger partial charge on any atom is 0.409 e. The molecule has 6 heteroatoms. The van der Waals surface area contributed by atoms with Crippen molar-refractivity contribution in [3.8, 4) is 0 Å². The Hall–Kier alpha value is -0.970. The Kier molecular flexibility index (Phi) is 6.15. The molecule has 0 bridgehead atoms. The molecule has 1 saturated heterocycles. The number of benzene rings is 1. The number of rotatable bonds is 4. The molecule has 0 radical (unpaired) electrons. The maximum absolute atomic E-state index is 11.6. The number of carbonyl (C=O) groups is 1. The van der Waals surface area contributed by atoms with Crippen LogP contribution in [-0.2, 0) is 11.2 Å². The van der Waals surface area contributed by atoms with Crippen LogP contribution in [0.5, 0.6) is 0 Å². The summed E-state index contributed by atoms with van der Waals surface area (Å²) in [5, 5.41) is 1.37. The fourth-order valence-electron chi connectivity index (χ4n) is 2.37. The Morgan fingerprint density at radius 1 is 1.24 bits per heavy atom. The Balaban J connectivity index is 1.77. The van der Waals surface area contributed by atoms with Crippen molar-refractivity contribution >= 4 is 29.3 Å². The van der Waals surface area contributed by atoms with Crippen molar-refractivity contribution in [1.29, 1.82) is 0 Å². The highest BCUT2D eigenvalue weighted by Crippen LogP contribution is 2.21. The van der Waals surface area contributed by atoms with Crippen LogP contribution in [0.4, 0.5) is 4.79 Å². The zero-order valence-corrected chi connectivity index (χ0v) is 13.7. The van der Waals surface area contributed by atoms with Crippen LogP contribution < -0.4 is 0 Å². The average Bonchev–Trinajstić information content (AvgIpc) is 2.47. The highest BCUT2D eigenvalue weighted by molar-refractivity contribution is 6.35.